The van der Waals surface area contributed by atoms with Gasteiger partial charge in [0.25, 0.3) is 0 Å². The SMILES string of the molecule is CCCCCCCCS.[C]. The molecule has 0 aromatic heterocycles. The van der Waals surface area contributed by atoms with Gasteiger partial charge < -0.3 is 0 Å². The van der Waals surface area contributed by atoms with Crippen LogP contribution in [0, 0.1) is 7.43 Å². The lowest BCUT2D eigenvalue weighted by atomic mass is 10.1. The molecule has 0 aromatic carbocycles. The normalized spacial score (nSPS) is 9.00. The maximum Gasteiger partial charge on any atom is 0 e. The molecular weight excluding hydrogens is 140 g/mol. The zero-order valence-electron chi connectivity index (χ0n) is 6.90. The first-order valence-electron chi connectivity index (χ1n) is 4.02. The van der Waals surface area contributed by atoms with E-state index >= 15 is 0 Å². The molecule has 10 heavy (non-hydrogen) atoms. The minimum Gasteiger partial charge on any atom is -0.179 e. The molecule has 0 saturated carbocycles. The van der Waals surface area contributed by atoms with Crippen molar-refractivity contribution in [3.05, 3.63) is 7.43 Å². The molecule has 1 heteroatoms. The van der Waals surface area contributed by atoms with Crippen molar-refractivity contribution in [2.45, 2.75) is 45.4 Å². The third kappa shape index (κ3) is 11.2. The number of hydrogen-bond acceptors (Lipinski definition) is 1. The number of thiol groups is 1. The Kier molecular flexibility index (Phi) is 15.7. The summed E-state index contributed by atoms with van der Waals surface area (Å²) in [4.78, 5) is 0. The lowest BCUT2D eigenvalue weighted by molar-refractivity contribution is 0.627. The van der Waals surface area contributed by atoms with Gasteiger partial charge in [-0.15, -0.1) is 0 Å². The summed E-state index contributed by atoms with van der Waals surface area (Å²) >= 11 is 4.15. The topological polar surface area (TPSA) is 0 Å². The van der Waals surface area contributed by atoms with Gasteiger partial charge in [-0.2, -0.15) is 12.6 Å². The predicted octanol–water partition coefficient (Wildman–Crippen LogP) is 3.36. The van der Waals surface area contributed by atoms with Crippen LogP contribution >= 0.6 is 12.6 Å². The Balaban J connectivity index is 0. The van der Waals surface area contributed by atoms with Gasteiger partial charge in [-0.3, -0.25) is 0 Å². The lowest BCUT2D eigenvalue weighted by Crippen LogP contribution is -1.78. The molecule has 0 unspecified atom stereocenters. The predicted molar refractivity (Wildman–Crippen MR) is 50.5 cm³/mol. The summed E-state index contributed by atoms with van der Waals surface area (Å²) in [6.07, 6.45) is 8.27. The highest BCUT2D eigenvalue weighted by Crippen LogP contribution is 2.04. The van der Waals surface area contributed by atoms with E-state index in [9.17, 15) is 0 Å². The summed E-state index contributed by atoms with van der Waals surface area (Å²) in [6.45, 7) is 2.25. The van der Waals surface area contributed by atoms with Gasteiger partial charge in [0.15, 0.2) is 0 Å². The summed E-state index contributed by atoms with van der Waals surface area (Å²) in [6, 6.07) is 0. The maximum atomic E-state index is 4.15. The van der Waals surface area contributed by atoms with Gasteiger partial charge in [0.1, 0.15) is 0 Å². The first-order valence-corrected chi connectivity index (χ1v) is 4.66. The molecule has 0 aliphatic heterocycles. The Labute approximate surface area is 71.8 Å². The van der Waals surface area contributed by atoms with Gasteiger partial charge in [0.2, 0.25) is 0 Å². The van der Waals surface area contributed by atoms with Gasteiger partial charge in [-0.1, -0.05) is 39.0 Å². The molecule has 60 valence electrons. The fourth-order valence-corrected chi connectivity index (χ4v) is 1.12. The van der Waals surface area contributed by atoms with Crippen LogP contribution in [-0.2, 0) is 0 Å². The Morgan fingerprint density at radius 3 is 1.90 bits per heavy atom. The van der Waals surface area contributed by atoms with Crippen LogP contribution in [0.3, 0.4) is 0 Å². The van der Waals surface area contributed by atoms with Crippen molar-refractivity contribution in [2.24, 2.45) is 0 Å². The van der Waals surface area contributed by atoms with Crippen molar-refractivity contribution in [1.29, 1.82) is 0 Å². The third-order valence-corrected chi connectivity index (χ3v) is 1.83. The van der Waals surface area contributed by atoms with Crippen LogP contribution in [0.1, 0.15) is 45.4 Å². The van der Waals surface area contributed by atoms with Crippen molar-refractivity contribution < 1.29 is 0 Å². The molecule has 0 atom stereocenters. The highest BCUT2D eigenvalue weighted by Gasteiger charge is 1.86. The molecule has 0 N–H and O–H groups in total. The molecule has 0 amide bonds. The van der Waals surface area contributed by atoms with E-state index in [0.717, 1.165) is 5.75 Å². The molecule has 0 bridgehead atoms. The lowest BCUT2D eigenvalue weighted by Gasteiger charge is -1.95. The zero-order valence-corrected chi connectivity index (χ0v) is 7.79. The molecule has 0 aliphatic rings. The molecule has 0 fully saturated rings. The number of hydrogen-bond donors (Lipinski definition) is 1. The molecule has 0 aliphatic carbocycles. The Hall–Kier alpha value is 0.350. The van der Waals surface area contributed by atoms with Crippen LogP contribution in [0.4, 0.5) is 0 Å². The van der Waals surface area contributed by atoms with E-state index in [1.807, 2.05) is 0 Å². The summed E-state index contributed by atoms with van der Waals surface area (Å²) < 4.78 is 0. The smallest absolute Gasteiger partial charge is 0 e. The Morgan fingerprint density at radius 1 is 0.900 bits per heavy atom. The summed E-state index contributed by atoms with van der Waals surface area (Å²) in [5.41, 5.74) is 0. The van der Waals surface area contributed by atoms with Crippen LogP contribution in [0.25, 0.3) is 0 Å². The summed E-state index contributed by atoms with van der Waals surface area (Å²) in [7, 11) is 0. The van der Waals surface area contributed by atoms with Gasteiger partial charge in [-0.05, 0) is 12.2 Å². The molecule has 0 aromatic rings. The van der Waals surface area contributed by atoms with Crippen molar-refractivity contribution in [3.8, 4) is 0 Å². The highest BCUT2D eigenvalue weighted by molar-refractivity contribution is 7.80. The van der Waals surface area contributed by atoms with Crippen LogP contribution in [0.15, 0.2) is 0 Å². The molecule has 0 nitrogen and oxygen atoms in total. The minimum atomic E-state index is 0. The Morgan fingerprint density at radius 2 is 1.40 bits per heavy atom. The van der Waals surface area contributed by atoms with Crippen molar-refractivity contribution >= 4 is 12.6 Å². The van der Waals surface area contributed by atoms with Crippen molar-refractivity contribution in [2.75, 3.05) is 5.75 Å². The van der Waals surface area contributed by atoms with E-state index in [1.165, 1.54) is 38.5 Å². The van der Waals surface area contributed by atoms with Gasteiger partial charge in [-0.25, -0.2) is 0 Å². The Bertz CT molecular complexity index is 38.0. The van der Waals surface area contributed by atoms with Crippen LogP contribution in [0.2, 0.25) is 0 Å². The van der Waals surface area contributed by atoms with E-state index in [-0.39, 0.29) is 7.43 Å². The second-order valence-corrected chi connectivity index (χ2v) is 2.94. The second-order valence-electron chi connectivity index (χ2n) is 2.49. The molecule has 0 rings (SSSR count). The largest absolute Gasteiger partial charge is 0.179 e. The maximum absolute atomic E-state index is 4.15. The molecule has 0 saturated heterocycles. The third-order valence-electron chi connectivity index (χ3n) is 1.51. The summed E-state index contributed by atoms with van der Waals surface area (Å²) in [5.74, 6) is 1.06. The van der Waals surface area contributed by atoms with E-state index < -0.39 is 0 Å². The van der Waals surface area contributed by atoms with E-state index in [1.54, 1.807) is 0 Å². The quantitative estimate of drug-likeness (QED) is 0.445. The van der Waals surface area contributed by atoms with Crippen LogP contribution in [-0.4, -0.2) is 5.75 Å². The zero-order chi connectivity index (χ0) is 6.95. The van der Waals surface area contributed by atoms with E-state index in [2.05, 4.69) is 19.6 Å². The number of rotatable bonds is 6. The number of unbranched alkanes of at least 4 members (excludes halogenated alkanes) is 5. The van der Waals surface area contributed by atoms with E-state index in [4.69, 9.17) is 0 Å². The monoisotopic (exact) mass is 158 g/mol. The van der Waals surface area contributed by atoms with Gasteiger partial charge in [0.05, 0.1) is 0 Å². The van der Waals surface area contributed by atoms with Crippen LogP contribution < -0.4 is 0 Å². The summed E-state index contributed by atoms with van der Waals surface area (Å²) in [5, 5.41) is 0. The molecule has 4 radical (unpaired) electrons. The average Bonchev–Trinajstić information content (AvgIpc) is 1.89. The van der Waals surface area contributed by atoms with Crippen molar-refractivity contribution in [1.82, 2.24) is 0 Å². The van der Waals surface area contributed by atoms with E-state index in [0.29, 0.717) is 0 Å². The molecule has 0 spiro atoms. The average molecular weight is 158 g/mol. The standard InChI is InChI=1S/C8H18S.C/c1-2-3-4-5-6-7-8-9;/h9H,2-8H2,1H3;. The van der Waals surface area contributed by atoms with Gasteiger partial charge in [0, 0.05) is 7.43 Å². The first-order chi connectivity index (χ1) is 4.41. The molecular formula is C9H18S. The fourth-order valence-electron chi connectivity index (χ4n) is 0.892. The van der Waals surface area contributed by atoms with Crippen LogP contribution in [0.5, 0.6) is 0 Å². The molecule has 0 heterocycles. The first kappa shape index (κ1) is 13.0. The highest BCUT2D eigenvalue weighted by atomic mass is 32.1. The minimum absolute atomic E-state index is 0. The fraction of sp³-hybridized carbons (Fsp3) is 0.889. The second kappa shape index (κ2) is 12.1. The van der Waals surface area contributed by atoms with Gasteiger partial charge >= 0.3 is 0 Å². The van der Waals surface area contributed by atoms with Crippen molar-refractivity contribution in [3.63, 3.8) is 0 Å².